The molecule has 0 aliphatic heterocycles. The summed E-state index contributed by atoms with van der Waals surface area (Å²) in [7, 11) is 3.42. The number of amides is 1. The molecule has 0 atom stereocenters. The monoisotopic (exact) mass is 413 g/mol. The fourth-order valence-electron chi connectivity index (χ4n) is 3.52. The zero-order chi connectivity index (χ0) is 22.0. The molecule has 1 N–H and O–H groups in total. The number of anilines is 1. The molecule has 156 valence electrons. The number of ether oxygens (including phenoxy) is 1. The van der Waals surface area contributed by atoms with Gasteiger partial charge in [0.25, 0.3) is 11.5 Å². The summed E-state index contributed by atoms with van der Waals surface area (Å²) >= 11 is 0. The Morgan fingerprint density at radius 3 is 2.29 bits per heavy atom. The van der Waals surface area contributed by atoms with E-state index in [-0.39, 0.29) is 17.2 Å². The molecule has 6 nitrogen and oxygen atoms in total. The highest BCUT2D eigenvalue weighted by molar-refractivity contribution is 6.05. The van der Waals surface area contributed by atoms with Crippen molar-refractivity contribution in [3.05, 3.63) is 100 Å². The number of hydrogen-bond donors (Lipinski definition) is 1. The molecule has 0 fully saturated rings. The van der Waals surface area contributed by atoms with Crippen LogP contribution in [-0.2, 0) is 7.05 Å². The summed E-state index contributed by atoms with van der Waals surface area (Å²) in [5, 5.41) is 2.81. The quantitative estimate of drug-likeness (QED) is 0.527. The van der Waals surface area contributed by atoms with Crippen molar-refractivity contribution in [1.82, 2.24) is 9.36 Å². The molecule has 0 radical (unpaired) electrons. The zero-order valence-electron chi connectivity index (χ0n) is 17.6. The van der Waals surface area contributed by atoms with Gasteiger partial charge in [0.05, 0.1) is 18.5 Å². The molecular weight excluding hydrogens is 390 g/mol. The van der Waals surface area contributed by atoms with Crippen LogP contribution in [0.1, 0.15) is 16.1 Å². The molecule has 0 saturated carbocycles. The van der Waals surface area contributed by atoms with Crippen molar-refractivity contribution < 1.29 is 9.53 Å². The van der Waals surface area contributed by atoms with Gasteiger partial charge in [-0.3, -0.25) is 14.3 Å². The van der Waals surface area contributed by atoms with Crippen molar-refractivity contribution in [2.75, 3.05) is 12.4 Å². The molecule has 0 aliphatic rings. The molecule has 0 aliphatic carbocycles. The van der Waals surface area contributed by atoms with Gasteiger partial charge in [-0.15, -0.1) is 0 Å². The standard InChI is InChI=1S/C25H23N3O3/c1-17-23(25(30)28(27(17)2)21-10-5-4-6-11-21)26-24(29)20-9-7-8-19(16-20)18-12-14-22(31-3)15-13-18/h4-16H,1-3H3,(H,26,29). The van der Waals surface area contributed by atoms with E-state index in [1.54, 1.807) is 29.6 Å². The number of benzene rings is 3. The molecule has 31 heavy (non-hydrogen) atoms. The van der Waals surface area contributed by atoms with Gasteiger partial charge in [-0.25, -0.2) is 4.68 Å². The minimum absolute atomic E-state index is 0.270. The van der Waals surface area contributed by atoms with Crippen LogP contribution in [0.4, 0.5) is 5.69 Å². The summed E-state index contributed by atoms with van der Waals surface area (Å²) in [6.07, 6.45) is 0. The number of aromatic nitrogens is 2. The second-order valence-corrected chi connectivity index (χ2v) is 7.20. The summed E-state index contributed by atoms with van der Waals surface area (Å²) in [6, 6.07) is 24.3. The Morgan fingerprint density at radius 2 is 1.61 bits per heavy atom. The van der Waals surface area contributed by atoms with Gasteiger partial charge in [-0.1, -0.05) is 42.5 Å². The van der Waals surface area contributed by atoms with Crippen LogP contribution < -0.4 is 15.6 Å². The van der Waals surface area contributed by atoms with Gasteiger partial charge in [-0.2, -0.15) is 0 Å². The van der Waals surface area contributed by atoms with Crippen molar-refractivity contribution in [2.24, 2.45) is 7.05 Å². The largest absolute Gasteiger partial charge is 0.497 e. The van der Waals surface area contributed by atoms with E-state index in [0.717, 1.165) is 22.6 Å². The normalized spacial score (nSPS) is 10.7. The Kier molecular flexibility index (Phi) is 5.45. The molecule has 6 heteroatoms. The molecule has 0 bridgehead atoms. The van der Waals surface area contributed by atoms with E-state index in [0.29, 0.717) is 11.3 Å². The first-order chi connectivity index (χ1) is 15.0. The third-order valence-corrected chi connectivity index (χ3v) is 5.34. The van der Waals surface area contributed by atoms with Crippen LogP contribution in [0.2, 0.25) is 0 Å². The van der Waals surface area contributed by atoms with Crippen LogP contribution in [0.3, 0.4) is 0 Å². The van der Waals surface area contributed by atoms with E-state index in [1.165, 1.54) is 0 Å². The molecule has 0 unspecified atom stereocenters. The van der Waals surface area contributed by atoms with Crippen LogP contribution in [0.15, 0.2) is 83.7 Å². The number of rotatable bonds is 5. The summed E-state index contributed by atoms with van der Waals surface area (Å²) in [5.74, 6) is 0.438. The van der Waals surface area contributed by atoms with E-state index in [2.05, 4.69) is 5.32 Å². The number of nitrogens with one attached hydrogen (secondary N) is 1. The molecule has 1 heterocycles. The van der Waals surface area contributed by atoms with Crippen LogP contribution >= 0.6 is 0 Å². The lowest BCUT2D eigenvalue weighted by molar-refractivity contribution is 0.102. The first-order valence-electron chi connectivity index (χ1n) is 9.89. The van der Waals surface area contributed by atoms with E-state index in [1.807, 2.05) is 79.7 Å². The number of hydrogen-bond acceptors (Lipinski definition) is 3. The number of carbonyl (C=O) groups is 1. The number of nitrogens with zero attached hydrogens (tertiary/aromatic N) is 2. The maximum atomic E-state index is 13.0. The molecule has 0 saturated heterocycles. The van der Waals surface area contributed by atoms with Gasteiger partial charge >= 0.3 is 0 Å². The van der Waals surface area contributed by atoms with Crippen LogP contribution in [-0.4, -0.2) is 22.4 Å². The highest BCUT2D eigenvalue weighted by Crippen LogP contribution is 2.24. The molecule has 4 aromatic rings. The van der Waals surface area contributed by atoms with E-state index >= 15 is 0 Å². The summed E-state index contributed by atoms with van der Waals surface area (Å²) in [6.45, 7) is 1.81. The van der Waals surface area contributed by atoms with Crippen molar-refractivity contribution in [1.29, 1.82) is 0 Å². The third-order valence-electron chi connectivity index (χ3n) is 5.34. The van der Waals surface area contributed by atoms with Gasteiger partial charge in [0.2, 0.25) is 0 Å². The molecule has 0 spiro atoms. The number of methoxy groups -OCH3 is 1. The van der Waals surface area contributed by atoms with Gasteiger partial charge in [0.1, 0.15) is 11.4 Å². The third kappa shape index (κ3) is 3.88. The maximum absolute atomic E-state index is 13.0. The van der Waals surface area contributed by atoms with Gasteiger partial charge < -0.3 is 10.1 Å². The Morgan fingerprint density at radius 1 is 0.903 bits per heavy atom. The Bertz CT molecular complexity index is 1290. The molecular formula is C25H23N3O3. The molecule has 1 aromatic heterocycles. The Balaban J connectivity index is 1.64. The van der Waals surface area contributed by atoms with E-state index in [4.69, 9.17) is 4.74 Å². The molecule has 3 aromatic carbocycles. The van der Waals surface area contributed by atoms with E-state index < -0.39 is 0 Å². The Hall–Kier alpha value is -4.06. The first kappa shape index (κ1) is 20.2. The summed E-state index contributed by atoms with van der Waals surface area (Å²) in [5.41, 5.74) is 3.76. The maximum Gasteiger partial charge on any atom is 0.295 e. The van der Waals surface area contributed by atoms with Crippen molar-refractivity contribution in [2.45, 2.75) is 6.92 Å². The predicted molar refractivity (Wildman–Crippen MR) is 122 cm³/mol. The van der Waals surface area contributed by atoms with E-state index in [9.17, 15) is 9.59 Å². The summed E-state index contributed by atoms with van der Waals surface area (Å²) < 4.78 is 8.48. The lowest BCUT2D eigenvalue weighted by Crippen LogP contribution is -2.22. The minimum Gasteiger partial charge on any atom is -0.497 e. The topological polar surface area (TPSA) is 65.3 Å². The fourth-order valence-corrected chi connectivity index (χ4v) is 3.52. The highest BCUT2D eigenvalue weighted by Gasteiger charge is 2.19. The lowest BCUT2D eigenvalue weighted by Gasteiger charge is -2.08. The van der Waals surface area contributed by atoms with Gasteiger partial charge in [0, 0.05) is 12.6 Å². The van der Waals surface area contributed by atoms with Crippen LogP contribution in [0.5, 0.6) is 5.75 Å². The average Bonchev–Trinajstić information content (AvgIpc) is 3.02. The number of carbonyl (C=O) groups excluding carboxylic acids is 1. The predicted octanol–water partition coefficient (Wildman–Crippen LogP) is 4.41. The number of para-hydroxylation sites is 1. The van der Waals surface area contributed by atoms with Crippen molar-refractivity contribution >= 4 is 11.6 Å². The van der Waals surface area contributed by atoms with Gasteiger partial charge in [-0.05, 0) is 54.4 Å². The molecule has 1 amide bonds. The van der Waals surface area contributed by atoms with Crippen LogP contribution in [0.25, 0.3) is 16.8 Å². The highest BCUT2D eigenvalue weighted by atomic mass is 16.5. The van der Waals surface area contributed by atoms with Gasteiger partial charge in [0.15, 0.2) is 0 Å². The van der Waals surface area contributed by atoms with Crippen molar-refractivity contribution in [3.8, 4) is 22.6 Å². The minimum atomic E-state index is -0.332. The Labute approximate surface area is 180 Å². The zero-order valence-corrected chi connectivity index (χ0v) is 17.6. The molecule has 4 rings (SSSR count). The van der Waals surface area contributed by atoms with Crippen LogP contribution in [0, 0.1) is 6.92 Å². The SMILES string of the molecule is COc1ccc(-c2cccc(C(=O)Nc3c(C)n(C)n(-c4ccccc4)c3=O)c2)cc1. The lowest BCUT2D eigenvalue weighted by atomic mass is 10.0. The first-order valence-corrected chi connectivity index (χ1v) is 9.89. The second kappa shape index (κ2) is 8.36. The summed E-state index contributed by atoms with van der Waals surface area (Å²) in [4.78, 5) is 26.0. The van der Waals surface area contributed by atoms with Crippen molar-refractivity contribution in [3.63, 3.8) is 0 Å². The average molecular weight is 413 g/mol. The fraction of sp³-hybridized carbons (Fsp3) is 0.120. The second-order valence-electron chi connectivity index (χ2n) is 7.20. The smallest absolute Gasteiger partial charge is 0.295 e.